The van der Waals surface area contributed by atoms with Gasteiger partial charge in [0.25, 0.3) is 0 Å². The first kappa shape index (κ1) is 36.2. The van der Waals surface area contributed by atoms with Crippen LogP contribution >= 0.6 is 0 Å². The molecule has 1 aromatic heterocycles. The number of benzene rings is 9. The van der Waals surface area contributed by atoms with Crippen molar-refractivity contribution in [2.24, 2.45) is 0 Å². The largest absolute Gasteiger partial charge is 0.311 e. The van der Waals surface area contributed by atoms with Gasteiger partial charge in [0.15, 0.2) is 0 Å². The van der Waals surface area contributed by atoms with Gasteiger partial charge in [-0.15, -0.1) is 0 Å². The zero-order chi connectivity index (χ0) is 40.5. The van der Waals surface area contributed by atoms with Crippen LogP contribution in [0.4, 0.5) is 34.3 Å². The molecule has 1 aliphatic rings. The van der Waals surface area contributed by atoms with Gasteiger partial charge in [-0.3, -0.25) is 9.47 Å². The Morgan fingerprint density at radius 3 is 1.31 bits per heavy atom. The number of fused-ring (bicyclic) bond motifs is 4. The Labute approximate surface area is 357 Å². The number of hydrogen-bond donors (Lipinski definition) is 0. The topological polar surface area (TPSA) is 11.4 Å². The summed E-state index contributed by atoms with van der Waals surface area (Å²) in [6.45, 7) is 0. The molecule has 290 valence electrons. The van der Waals surface area contributed by atoms with Crippen LogP contribution in [0, 0.1) is 0 Å². The summed E-state index contributed by atoms with van der Waals surface area (Å²) in [6.07, 6.45) is 1.91. The highest BCUT2D eigenvalue weighted by Crippen LogP contribution is 2.48. The van der Waals surface area contributed by atoms with Gasteiger partial charge < -0.3 is 4.90 Å². The van der Waals surface area contributed by atoms with Gasteiger partial charge in [0.1, 0.15) is 5.82 Å². The Bertz CT molecular complexity index is 3000. The highest BCUT2D eigenvalue weighted by Gasteiger charge is 2.29. The molecule has 2 heterocycles. The second-order valence-corrected chi connectivity index (χ2v) is 15.7. The van der Waals surface area contributed by atoms with E-state index in [0.717, 1.165) is 41.3 Å². The lowest BCUT2D eigenvalue weighted by Gasteiger charge is -2.29. The zero-order valence-electron chi connectivity index (χ0n) is 33.8. The molecule has 0 saturated heterocycles. The van der Waals surface area contributed by atoms with Gasteiger partial charge >= 0.3 is 0 Å². The standard InChI is InChI=1S/C58H43N3/c1-5-15-42(16-6-1)44-27-34-51(35-28-44)59(52-36-29-45(30-37-52)43-17-7-2-8-18-43)53-38-31-46(32-39-53)48-26-25-47-33-40-55-54-23-13-14-24-56(54)60(49-19-9-3-10-20-49)58(55)61(57(47)41-48)50-21-11-4-12-22-50/h1-32,34-39,41H,33,40H2. The van der Waals surface area contributed by atoms with Crippen molar-refractivity contribution >= 4 is 45.2 Å². The van der Waals surface area contributed by atoms with Gasteiger partial charge in [-0.25, -0.2) is 0 Å². The summed E-state index contributed by atoms with van der Waals surface area (Å²) >= 11 is 0. The number of aryl methyl sites for hydroxylation is 2. The predicted octanol–water partition coefficient (Wildman–Crippen LogP) is 15.7. The van der Waals surface area contributed by atoms with Gasteiger partial charge in [-0.05, 0) is 125 Å². The minimum absolute atomic E-state index is 0.953. The minimum atomic E-state index is 0.953. The SMILES string of the molecule is c1ccc(-c2ccc(N(c3ccc(-c4ccccc4)cc3)c3ccc(-c4ccc5c(c4)N(c4ccccc4)c4c(c6ccccc6n4-c4ccccc4)CC5)cc3)cc2)cc1. The summed E-state index contributed by atoms with van der Waals surface area (Å²) in [5, 5.41) is 1.31. The second kappa shape index (κ2) is 15.7. The molecule has 9 aromatic carbocycles. The molecule has 3 nitrogen and oxygen atoms in total. The quantitative estimate of drug-likeness (QED) is 0.152. The molecule has 10 aromatic rings. The van der Waals surface area contributed by atoms with Gasteiger partial charge in [0.05, 0.1) is 11.2 Å². The first-order valence-electron chi connectivity index (χ1n) is 21.1. The van der Waals surface area contributed by atoms with Crippen molar-refractivity contribution in [2.75, 3.05) is 9.80 Å². The van der Waals surface area contributed by atoms with Crippen molar-refractivity contribution in [3.63, 3.8) is 0 Å². The van der Waals surface area contributed by atoms with Gasteiger partial charge in [-0.2, -0.15) is 0 Å². The third-order valence-electron chi connectivity index (χ3n) is 12.1. The fourth-order valence-electron chi connectivity index (χ4n) is 9.11. The van der Waals surface area contributed by atoms with Crippen molar-refractivity contribution in [3.05, 3.63) is 248 Å². The number of anilines is 6. The Morgan fingerprint density at radius 1 is 0.344 bits per heavy atom. The molecule has 0 bridgehead atoms. The molecule has 11 rings (SSSR count). The molecule has 0 unspecified atom stereocenters. The van der Waals surface area contributed by atoms with Gasteiger partial charge in [-0.1, -0.05) is 164 Å². The van der Waals surface area contributed by atoms with E-state index in [1.54, 1.807) is 0 Å². The van der Waals surface area contributed by atoms with Crippen LogP contribution in [0.1, 0.15) is 11.1 Å². The number of para-hydroxylation sites is 3. The summed E-state index contributed by atoms with van der Waals surface area (Å²) in [6, 6.07) is 85.7. The van der Waals surface area contributed by atoms with Crippen molar-refractivity contribution in [2.45, 2.75) is 12.8 Å². The number of nitrogens with zero attached hydrogens (tertiary/aromatic N) is 3. The van der Waals surface area contributed by atoms with E-state index in [1.807, 2.05) is 0 Å². The van der Waals surface area contributed by atoms with E-state index in [1.165, 1.54) is 66.9 Å². The summed E-state index contributed by atoms with van der Waals surface area (Å²) in [5.74, 6) is 1.21. The van der Waals surface area contributed by atoms with E-state index in [0.29, 0.717) is 0 Å². The van der Waals surface area contributed by atoms with Gasteiger partial charge in [0.2, 0.25) is 0 Å². The average molecular weight is 782 g/mol. The fraction of sp³-hybridized carbons (Fsp3) is 0.0345. The number of rotatable bonds is 8. The fourth-order valence-corrected chi connectivity index (χ4v) is 9.11. The third kappa shape index (κ3) is 6.76. The lowest BCUT2D eigenvalue weighted by molar-refractivity contribution is 0.981. The lowest BCUT2D eigenvalue weighted by Crippen LogP contribution is -2.15. The molecular formula is C58H43N3. The van der Waals surface area contributed by atoms with Crippen LogP contribution in [-0.2, 0) is 12.8 Å². The van der Waals surface area contributed by atoms with Crippen molar-refractivity contribution in [3.8, 4) is 39.1 Å². The van der Waals surface area contributed by atoms with Crippen molar-refractivity contribution < 1.29 is 0 Å². The van der Waals surface area contributed by atoms with E-state index in [4.69, 9.17) is 0 Å². The van der Waals surface area contributed by atoms with Crippen molar-refractivity contribution in [1.82, 2.24) is 4.57 Å². The summed E-state index contributed by atoms with van der Waals surface area (Å²) in [4.78, 5) is 4.86. The van der Waals surface area contributed by atoms with Crippen LogP contribution in [0.2, 0.25) is 0 Å². The summed E-state index contributed by atoms with van der Waals surface area (Å²) in [5.41, 5.74) is 17.9. The van der Waals surface area contributed by atoms with Crippen LogP contribution in [0.5, 0.6) is 0 Å². The van der Waals surface area contributed by atoms with Crippen LogP contribution in [0.25, 0.3) is 50.0 Å². The maximum Gasteiger partial charge on any atom is 0.126 e. The van der Waals surface area contributed by atoms with Crippen molar-refractivity contribution in [1.29, 1.82) is 0 Å². The van der Waals surface area contributed by atoms with E-state index < -0.39 is 0 Å². The molecule has 0 spiro atoms. The summed E-state index contributed by atoms with van der Waals surface area (Å²) < 4.78 is 2.46. The molecule has 0 atom stereocenters. The molecule has 0 radical (unpaired) electrons. The highest BCUT2D eigenvalue weighted by molar-refractivity contribution is 5.97. The smallest absolute Gasteiger partial charge is 0.126 e. The monoisotopic (exact) mass is 781 g/mol. The molecule has 0 N–H and O–H groups in total. The molecule has 0 aliphatic carbocycles. The third-order valence-corrected chi connectivity index (χ3v) is 12.1. The molecule has 3 heteroatoms. The van der Waals surface area contributed by atoms with Crippen LogP contribution in [-0.4, -0.2) is 4.57 Å². The normalized spacial score (nSPS) is 12.1. The number of hydrogen-bond acceptors (Lipinski definition) is 2. The molecule has 61 heavy (non-hydrogen) atoms. The second-order valence-electron chi connectivity index (χ2n) is 15.7. The molecule has 0 fully saturated rings. The van der Waals surface area contributed by atoms with Crippen LogP contribution in [0.3, 0.4) is 0 Å². The molecular weight excluding hydrogens is 739 g/mol. The maximum atomic E-state index is 2.50. The van der Waals surface area contributed by atoms with Crippen LogP contribution in [0.15, 0.2) is 237 Å². The Kier molecular flexibility index (Phi) is 9.33. The van der Waals surface area contributed by atoms with E-state index in [9.17, 15) is 0 Å². The maximum absolute atomic E-state index is 2.50. The minimum Gasteiger partial charge on any atom is -0.311 e. The zero-order valence-corrected chi connectivity index (χ0v) is 33.8. The Hall–Kier alpha value is -7.88. The summed E-state index contributed by atoms with van der Waals surface area (Å²) in [7, 11) is 0. The van der Waals surface area contributed by atoms with E-state index >= 15 is 0 Å². The van der Waals surface area contributed by atoms with Gasteiger partial charge in [0, 0.05) is 39.4 Å². The lowest BCUT2D eigenvalue weighted by atomic mass is 9.98. The van der Waals surface area contributed by atoms with E-state index in [-0.39, 0.29) is 0 Å². The molecule has 0 amide bonds. The average Bonchev–Trinajstić information content (AvgIpc) is 3.56. The first-order chi connectivity index (χ1) is 30.3. The van der Waals surface area contributed by atoms with E-state index in [2.05, 4.69) is 251 Å². The molecule has 1 aliphatic heterocycles. The number of aromatic nitrogens is 1. The first-order valence-corrected chi connectivity index (χ1v) is 21.1. The van der Waals surface area contributed by atoms with Crippen LogP contribution < -0.4 is 9.80 Å². The molecule has 0 saturated carbocycles. The highest BCUT2D eigenvalue weighted by atomic mass is 15.3. The Morgan fingerprint density at radius 2 is 0.770 bits per heavy atom. The Balaban J connectivity index is 1.01. The predicted molar refractivity (Wildman–Crippen MR) is 256 cm³/mol.